The van der Waals surface area contributed by atoms with E-state index in [-0.39, 0.29) is 0 Å². The normalized spacial score (nSPS) is 15.2. The molecular formula is C24H17NO2. The first kappa shape index (κ1) is 15.8. The van der Waals surface area contributed by atoms with E-state index in [1.54, 1.807) is 0 Å². The van der Waals surface area contributed by atoms with E-state index in [9.17, 15) is 9.90 Å². The second-order valence-corrected chi connectivity index (χ2v) is 6.95. The Balaban J connectivity index is 1.73. The highest BCUT2D eigenvalue weighted by atomic mass is 16.4. The third-order valence-corrected chi connectivity index (χ3v) is 5.32. The van der Waals surface area contributed by atoms with Gasteiger partial charge in [0.1, 0.15) is 0 Å². The fraction of sp³-hybridized carbons (Fsp3) is 0.0833. The quantitative estimate of drug-likeness (QED) is 0.533. The number of nitrogens with zero attached hydrogens (tertiary/aromatic N) is 1. The minimum atomic E-state index is -0.802. The highest BCUT2D eigenvalue weighted by Crippen LogP contribution is 2.41. The van der Waals surface area contributed by atoms with E-state index in [1.807, 2.05) is 48.5 Å². The third-order valence-electron chi connectivity index (χ3n) is 5.32. The first-order chi connectivity index (χ1) is 13.2. The molecule has 0 saturated heterocycles. The van der Waals surface area contributed by atoms with Gasteiger partial charge in [-0.25, -0.2) is 4.98 Å². The molecule has 0 aliphatic heterocycles. The number of aromatic nitrogens is 1. The number of fused-ring (bicyclic) bond motifs is 4. The van der Waals surface area contributed by atoms with Gasteiger partial charge in [-0.15, -0.1) is 0 Å². The Morgan fingerprint density at radius 2 is 1.67 bits per heavy atom. The van der Waals surface area contributed by atoms with Crippen molar-refractivity contribution in [2.75, 3.05) is 0 Å². The van der Waals surface area contributed by atoms with E-state index in [1.165, 1.54) is 0 Å². The zero-order valence-corrected chi connectivity index (χ0v) is 14.6. The predicted molar refractivity (Wildman–Crippen MR) is 107 cm³/mol. The SMILES string of the molecule is O=C(O)C1Cc2cc(-c3ccccc3)ccc2-c2nc3ccccc3cc21. The highest BCUT2D eigenvalue weighted by Gasteiger charge is 2.31. The van der Waals surface area contributed by atoms with Crippen molar-refractivity contribution >= 4 is 16.9 Å². The Kier molecular flexibility index (Phi) is 3.54. The van der Waals surface area contributed by atoms with E-state index in [0.717, 1.165) is 44.4 Å². The molecule has 27 heavy (non-hydrogen) atoms. The summed E-state index contributed by atoms with van der Waals surface area (Å²) >= 11 is 0. The molecular weight excluding hydrogens is 334 g/mol. The molecule has 0 saturated carbocycles. The molecule has 0 fully saturated rings. The second-order valence-electron chi connectivity index (χ2n) is 6.95. The monoisotopic (exact) mass is 351 g/mol. The molecule has 3 heteroatoms. The minimum absolute atomic E-state index is 0.484. The lowest BCUT2D eigenvalue weighted by atomic mass is 9.80. The zero-order chi connectivity index (χ0) is 18.4. The summed E-state index contributed by atoms with van der Waals surface area (Å²) in [5, 5.41) is 10.8. The summed E-state index contributed by atoms with van der Waals surface area (Å²) in [6.45, 7) is 0. The van der Waals surface area contributed by atoms with Crippen LogP contribution in [0.15, 0.2) is 78.9 Å². The average Bonchev–Trinajstić information content (AvgIpc) is 2.72. The highest BCUT2D eigenvalue weighted by molar-refractivity contribution is 5.90. The number of rotatable bonds is 2. The fourth-order valence-corrected chi connectivity index (χ4v) is 3.97. The van der Waals surface area contributed by atoms with Crippen LogP contribution < -0.4 is 0 Å². The number of pyridine rings is 1. The number of benzene rings is 3. The number of aliphatic carboxylic acids is 1. The van der Waals surface area contributed by atoms with Gasteiger partial charge < -0.3 is 5.11 Å². The number of carbonyl (C=O) groups is 1. The van der Waals surface area contributed by atoms with E-state index < -0.39 is 11.9 Å². The molecule has 1 aliphatic carbocycles. The molecule has 1 atom stereocenters. The van der Waals surface area contributed by atoms with Gasteiger partial charge in [0, 0.05) is 10.9 Å². The first-order valence-electron chi connectivity index (χ1n) is 9.02. The third kappa shape index (κ3) is 2.59. The molecule has 1 unspecified atom stereocenters. The lowest BCUT2D eigenvalue weighted by molar-refractivity contribution is -0.138. The maximum absolute atomic E-state index is 12.0. The molecule has 130 valence electrons. The van der Waals surface area contributed by atoms with Crippen LogP contribution in [-0.2, 0) is 11.2 Å². The molecule has 1 heterocycles. The summed E-state index contributed by atoms with van der Waals surface area (Å²) in [5.41, 5.74) is 6.79. The van der Waals surface area contributed by atoms with Crippen LogP contribution in [0.1, 0.15) is 17.0 Å². The fourth-order valence-electron chi connectivity index (χ4n) is 3.97. The van der Waals surface area contributed by atoms with E-state index in [0.29, 0.717) is 6.42 Å². The molecule has 4 aromatic rings. The van der Waals surface area contributed by atoms with Crippen molar-refractivity contribution in [1.29, 1.82) is 0 Å². The lowest BCUT2D eigenvalue weighted by Gasteiger charge is -2.25. The summed E-state index contributed by atoms with van der Waals surface area (Å²) < 4.78 is 0. The van der Waals surface area contributed by atoms with Crippen molar-refractivity contribution < 1.29 is 9.90 Å². The molecule has 5 rings (SSSR count). The van der Waals surface area contributed by atoms with Crippen LogP contribution in [0.3, 0.4) is 0 Å². The minimum Gasteiger partial charge on any atom is -0.481 e. The van der Waals surface area contributed by atoms with Crippen LogP contribution in [0.2, 0.25) is 0 Å². The van der Waals surface area contributed by atoms with Crippen molar-refractivity contribution in [2.45, 2.75) is 12.3 Å². The van der Waals surface area contributed by atoms with Gasteiger partial charge in [0.25, 0.3) is 0 Å². The van der Waals surface area contributed by atoms with E-state index in [2.05, 4.69) is 30.3 Å². The van der Waals surface area contributed by atoms with E-state index >= 15 is 0 Å². The molecule has 3 aromatic carbocycles. The largest absolute Gasteiger partial charge is 0.481 e. The Bertz CT molecular complexity index is 1180. The van der Waals surface area contributed by atoms with Gasteiger partial charge in [-0.3, -0.25) is 4.79 Å². The van der Waals surface area contributed by atoms with Crippen molar-refractivity contribution in [3.05, 3.63) is 90.0 Å². The van der Waals surface area contributed by atoms with Crippen molar-refractivity contribution in [3.63, 3.8) is 0 Å². The Morgan fingerprint density at radius 3 is 2.48 bits per heavy atom. The zero-order valence-electron chi connectivity index (χ0n) is 14.6. The maximum atomic E-state index is 12.0. The molecule has 1 aromatic heterocycles. The standard InChI is InChI=1S/C24H17NO2/c26-24(27)21-14-18-12-16(15-6-2-1-3-7-15)10-11-19(18)23-20(21)13-17-8-4-5-9-22(17)25-23/h1-13,21H,14H2,(H,26,27). The molecule has 0 amide bonds. The topological polar surface area (TPSA) is 50.2 Å². The van der Waals surface area contributed by atoms with Gasteiger partial charge in [-0.2, -0.15) is 0 Å². The number of para-hydroxylation sites is 1. The maximum Gasteiger partial charge on any atom is 0.311 e. The average molecular weight is 351 g/mol. The summed E-state index contributed by atoms with van der Waals surface area (Å²) in [6, 6.07) is 26.3. The van der Waals surface area contributed by atoms with Crippen molar-refractivity contribution in [3.8, 4) is 22.4 Å². The molecule has 0 radical (unpaired) electrons. The summed E-state index contributed by atoms with van der Waals surface area (Å²) in [4.78, 5) is 16.8. The van der Waals surface area contributed by atoms with Gasteiger partial charge in [0.15, 0.2) is 0 Å². The molecule has 1 N–H and O–H groups in total. The van der Waals surface area contributed by atoms with Crippen LogP contribution >= 0.6 is 0 Å². The smallest absolute Gasteiger partial charge is 0.311 e. The van der Waals surface area contributed by atoms with Gasteiger partial charge in [-0.05, 0) is 40.8 Å². The summed E-state index contributed by atoms with van der Waals surface area (Å²) in [6.07, 6.45) is 0.484. The molecule has 0 bridgehead atoms. The second kappa shape index (κ2) is 6.06. The van der Waals surface area contributed by atoms with Gasteiger partial charge >= 0.3 is 5.97 Å². The molecule has 1 aliphatic rings. The van der Waals surface area contributed by atoms with Crippen LogP contribution in [0.5, 0.6) is 0 Å². The number of carboxylic acids is 1. The number of hydrogen-bond donors (Lipinski definition) is 1. The number of carboxylic acid groups (broad SMARTS) is 1. The molecule has 0 spiro atoms. The Hall–Kier alpha value is -3.46. The van der Waals surface area contributed by atoms with Crippen molar-refractivity contribution in [2.24, 2.45) is 0 Å². The summed E-state index contributed by atoms with van der Waals surface area (Å²) in [7, 11) is 0. The predicted octanol–water partition coefficient (Wildman–Crippen LogP) is 5.29. The molecule has 3 nitrogen and oxygen atoms in total. The van der Waals surface area contributed by atoms with Gasteiger partial charge in [0.05, 0.1) is 17.1 Å². The van der Waals surface area contributed by atoms with Crippen LogP contribution in [-0.4, -0.2) is 16.1 Å². The first-order valence-corrected chi connectivity index (χ1v) is 9.02. The number of hydrogen-bond acceptors (Lipinski definition) is 2. The Labute approximate surface area is 156 Å². The van der Waals surface area contributed by atoms with Gasteiger partial charge in [-0.1, -0.05) is 66.7 Å². The van der Waals surface area contributed by atoms with Crippen LogP contribution in [0.4, 0.5) is 0 Å². The lowest BCUT2D eigenvalue weighted by Crippen LogP contribution is -2.20. The van der Waals surface area contributed by atoms with Crippen molar-refractivity contribution in [1.82, 2.24) is 4.98 Å². The van der Waals surface area contributed by atoms with Gasteiger partial charge in [0.2, 0.25) is 0 Å². The van der Waals surface area contributed by atoms with Crippen LogP contribution in [0, 0.1) is 0 Å². The summed E-state index contributed by atoms with van der Waals surface area (Å²) in [5.74, 6) is -1.38. The Morgan fingerprint density at radius 1 is 0.889 bits per heavy atom. The van der Waals surface area contributed by atoms with Crippen LogP contribution in [0.25, 0.3) is 33.3 Å². The van der Waals surface area contributed by atoms with E-state index in [4.69, 9.17) is 4.98 Å².